The molecule has 0 aromatic rings. The van der Waals surface area contributed by atoms with Gasteiger partial charge in [-0.25, -0.2) is 0 Å². The summed E-state index contributed by atoms with van der Waals surface area (Å²) in [5.74, 6) is -1.01. The summed E-state index contributed by atoms with van der Waals surface area (Å²) >= 11 is 0. The number of likely N-dealkylation sites (N-methyl/N-ethyl adjacent to an activating group) is 1. The number of likely N-dealkylation sites (tertiary alicyclic amines) is 1. The molecule has 0 unspecified atom stereocenters. The Morgan fingerprint density at radius 3 is 2.47 bits per heavy atom. The molecule has 1 aliphatic rings. The largest absolute Gasteiger partial charge is 0.396 e. The minimum absolute atomic E-state index is 0.0393. The van der Waals surface area contributed by atoms with Crippen molar-refractivity contribution >= 4 is 11.8 Å². The van der Waals surface area contributed by atoms with Crippen LogP contribution in [0.3, 0.4) is 0 Å². The van der Waals surface area contributed by atoms with Crippen molar-refractivity contribution in [1.82, 2.24) is 9.80 Å². The molecule has 1 rings (SSSR count). The van der Waals surface area contributed by atoms with Crippen molar-refractivity contribution in [3.05, 3.63) is 0 Å². The zero-order valence-corrected chi connectivity index (χ0v) is 10.6. The van der Waals surface area contributed by atoms with E-state index in [0.717, 1.165) is 0 Å². The van der Waals surface area contributed by atoms with Gasteiger partial charge in [-0.15, -0.1) is 0 Å². The first kappa shape index (κ1) is 13.9. The Bertz CT molecular complexity index is 300. The van der Waals surface area contributed by atoms with Crippen LogP contribution in [0.5, 0.6) is 0 Å². The third kappa shape index (κ3) is 2.76. The minimum Gasteiger partial charge on any atom is -0.396 e. The summed E-state index contributed by atoms with van der Waals surface area (Å²) in [7, 11) is 3.15. The summed E-state index contributed by atoms with van der Waals surface area (Å²) in [6.07, 6.45) is 0. The average Bonchev–Trinajstić information content (AvgIpc) is 2.30. The number of aliphatic hydroxyl groups excluding tert-OH is 1. The van der Waals surface area contributed by atoms with E-state index in [1.165, 1.54) is 9.80 Å². The predicted octanol–water partition coefficient (Wildman–Crippen LogP) is -1.07. The number of hydrogen-bond donors (Lipinski definition) is 1. The summed E-state index contributed by atoms with van der Waals surface area (Å²) in [4.78, 5) is 26.2. The molecule has 0 saturated carbocycles. The standard InChI is InChI=1S/C11H20N2O4/c1-4-12(2)9(15)10(16)13-5-11(6-13,7-14)8-17-3/h14H,4-8H2,1-3H3. The van der Waals surface area contributed by atoms with Crippen LogP contribution in [0, 0.1) is 5.41 Å². The van der Waals surface area contributed by atoms with Crippen molar-refractivity contribution in [2.24, 2.45) is 5.41 Å². The van der Waals surface area contributed by atoms with E-state index in [1.807, 2.05) is 6.92 Å². The van der Waals surface area contributed by atoms with Gasteiger partial charge in [-0.05, 0) is 6.92 Å². The van der Waals surface area contributed by atoms with E-state index in [1.54, 1.807) is 14.2 Å². The van der Waals surface area contributed by atoms with Gasteiger partial charge >= 0.3 is 11.8 Å². The van der Waals surface area contributed by atoms with Crippen molar-refractivity contribution < 1.29 is 19.4 Å². The molecule has 1 heterocycles. The summed E-state index contributed by atoms with van der Waals surface area (Å²) in [5, 5.41) is 9.25. The molecule has 1 saturated heterocycles. The van der Waals surface area contributed by atoms with Crippen LogP contribution in [0.4, 0.5) is 0 Å². The third-order valence-corrected chi connectivity index (χ3v) is 3.13. The molecular formula is C11H20N2O4. The number of carbonyl (C=O) groups excluding carboxylic acids is 2. The van der Waals surface area contributed by atoms with E-state index in [9.17, 15) is 14.7 Å². The van der Waals surface area contributed by atoms with Gasteiger partial charge in [-0.1, -0.05) is 0 Å². The second kappa shape index (κ2) is 5.46. The van der Waals surface area contributed by atoms with E-state index in [2.05, 4.69) is 0 Å². The first-order chi connectivity index (χ1) is 7.99. The van der Waals surface area contributed by atoms with Gasteiger partial charge in [0.1, 0.15) is 0 Å². The third-order valence-electron chi connectivity index (χ3n) is 3.13. The minimum atomic E-state index is -0.505. The van der Waals surface area contributed by atoms with E-state index in [-0.39, 0.29) is 6.61 Å². The Kier molecular flexibility index (Phi) is 4.47. The second-order valence-electron chi connectivity index (χ2n) is 4.57. The van der Waals surface area contributed by atoms with Crippen molar-refractivity contribution in [3.63, 3.8) is 0 Å². The molecule has 98 valence electrons. The summed E-state index contributed by atoms with van der Waals surface area (Å²) in [6, 6.07) is 0. The molecular weight excluding hydrogens is 224 g/mol. The Balaban J connectivity index is 2.52. The van der Waals surface area contributed by atoms with Crippen LogP contribution < -0.4 is 0 Å². The van der Waals surface area contributed by atoms with Gasteiger partial charge in [0.15, 0.2) is 0 Å². The fourth-order valence-corrected chi connectivity index (χ4v) is 1.89. The van der Waals surface area contributed by atoms with Crippen LogP contribution in [0.2, 0.25) is 0 Å². The second-order valence-corrected chi connectivity index (χ2v) is 4.57. The lowest BCUT2D eigenvalue weighted by atomic mass is 9.81. The smallest absolute Gasteiger partial charge is 0.312 e. The maximum Gasteiger partial charge on any atom is 0.312 e. The molecule has 2 amide bonds. The average molecular weight is 244 g/mol. The molecule has 0 aliphatic carbocycles. The van der Waals surface area contributed by atoms with E-state index < -0.39 is 17.2 Å². The number of carbonyl (C=O) groups is 2. The topological polar surface area (TPSA) is 70.1 Å². The van der Waals surface area contributed by atoms with Crippen molar-refractivity contribution in [3.8, 4) is 0 Å². The number of nitrogens with zero attached hydrogens (tertiary/aromatic N) is 2. The fourth-order valence-electron chi connectivity index (χ4n) is 1.89. The zero-order chi connectivity index (χ0) is 13.1. The highest BCUT2D eigenvalue weighted by atomic mass is 16.5. The predicted molar refractivity (Wildman–Crippen MR) is 61.3 cm³/mol. The van der Waals surface area contributed by atoms with Crippen LogP contribution in [0.25, 0.3) is 0 Å². The Hall–Kier alpha value is -1.14. The van der Waals surface area contributed by atoms with Crippen LogP contribution in [0.1, 0.15) is 6.92 Å². The molecule has 0 bridgehead atoms. The fraction of sp³-hybridized carbons (Fsp3) is 0.818. The van der Waals surface area contributed by atoms with Crippen LogP contribution in [-0.2, 0) is 14.3 Å². The number of amides is 2. The van der Waals surface area contributed by atoms with Gasteiger partial charge in [-0.2, -0.15) is 0 Å². The quantitative estimate of drug-likeness (QED) is 0.639. The molecule has 1 N–H and O–H groups in total. The molecule has 17 heavy (non-hydrogen) atoms. The van der Waals surface area contributed by atoms with Gasteiger partial charge in [-0.3, -0.25) is 9.59 Å². The van der Waals surface area contributed by atoms with E-state index in [0.29, 0.717) is 26.2 Å². The number of rotatable bonds is 4. The van der Waals surface area contributed by atoms with Crippen molar-refractivity contribution in [2.75, 3.05) is 47.0 Å². The number of hydrogen-bond acceptors (Lipinski definition) is 4. The van der Waals surface area contributed by atoms with Crippen LogP contribution in [0.15, 0.2) is 0 Å². The van der Waals surface area contributed by atoms with Gasteiger partial charge < -0.3 is 19.6 Å². The normalized spacial score (nSPS) is 17.5. The SMILES string of the molecule is CCN(C)C(=O)C(=O)N1CC(CO)(COC)C1. The van der Waals surface area contributed by atoms with Crippen molar-refractivity contribution in [1.29, 1.82) is 0 Å². The number of ether oxygens (including phenoxy) is 1. The van der Waals surface area contributed by atoms with E-state index >= 15 is 0 Å². The summed E-state index contributed by atoms with van der Waals surface area (Å²) < 4.78 is 5.00. The molecule has 6 heteroatoms. The lowest BCUT2D eigenvalue weighted by Gasteiger charge is -2.48. The van der Waals surface area contributed by atoms with Gasteiger partial charge in [0, 0.05) is 33.8 Å². The first-order valence-electron chi connectivity index (χ1n) is 5.64. The van der Waals surface area contributed by atoms with Gasteiger partial charge in [0.2, 0.25) is 0 Å². The molecule has 1 aliphatic heterocycles. The maximum atomic E-state index is 11.7. The highest BCUT2D eigenvalue weighted by molar-refractivity contribution is 6.35. The van der Waals surface area contributed by atoms with Crippen LogP contribution >= 0.6 is 0 Å². The van der Waals surface area contributed by atoms with Crippen molar-refractivity contribution in [2.45, 2.75) is 6.92 Å². The highest BCUT2D eigenvalue weighted by Crippen LogP contribution is 2.30. The molecule has 0 aromatic carbocycles. The Morgan fingerprint density at radius 1 is 1.47 bits per heavy atom. The number of methoxy groups -OCH3 is 1. The maximum absolute atomic E-state index is 11.7. The first-order valence-corrected chi connectivity index (χ1v) is 5.64. The molecule has 0 radical (unpaired) electrons. The van der Waals surface area contributed by atoms with Crippen LogP contribution in [-0.4, -0.2) is 73.7 Å². The summed E-state index contributed by atoms with van der Waals surface area (Å²) in [5.41, 5.74) is -0.393. The van der Waals surface area contributed by atoms with Gasteiger partial charge in [0.05, 0.1) is 18.6 Å². The lowest BCUT2D eigenvalue weighted by Crippen LogP contribution is -2.64. The molecule has 1 fully saturated rings. The number of aliphatic hydroxyl groups is 1. The highest BCUT2D eigenvalue weighted by Gasteiger charge is 2.46. The molecule has 0 atom stereocenters. The Morgan fingerprint density at radius 2 is 2.06 bits per heavy atom. The lowest BCUT2D eigenvalue weighted by molar-refractivity contribution is -0.163. The Labute approximate surface area is 101 Å². The summed E-state index contributed by atoms with van der Waals surface area (Å²) in [6.45, 7) is 3.41. The molecule has 0 spiro atoms. The molecule has 6 nitrogen and oxygen atoms in total. The molecule has 0 aromatic heterocycles. The zero-order valence-electron chi connectivity index (χ0n) is 10.6. The van der Waals surface area contributed by atoms with E-state index in [4.69, 9.17) is 4.74 Å². The van der Waals surface area contributed by atoms with Gasteiger partial charge in [0.25, 0.3) is 0 Å². The monoisotopic (exact) mass is 244 g/mol.